The van der Waals surface area contributed by atoms with Crippen molar-refractivity contribution in [2.75, 3.05) is 13.1 Å². The van der Waals surface area contributed by atoms with E-state index in [2.05, 4.69) is 9.62 Å². The van der Waals surface area contributed by atoms with Crippen molar-refractivity contribution >= 4 is 17.9 Å². The third-order valence-electron chi connectivity index (χ3n) is 5.09. The third-order valence-corrected chi connectivity index (χ3v) is 6.20. The number of amides is 1. The molecule has 4 nitrogen and oxygen atoms in total. The van der Waals surface area contributed by atoms with Crippen molar-refractivity contribution in [3.8, 4) is 5.75 Å². The number of benzene rings is 2. The van der Waals surface area contributed by atoms with Crippen LogP contribution >= 0.6 is 11.9 Å². The van der Waals surface area contributed by atoms with Crippen LogP contribution < -0.4 is 10.1 Å². The SMILES string of the molecule is Cc1ccc(C)c(OC(C)(C)C(=O)NC2CCN(Sc3ccc(F)cc3)CC2)c1. The Morgan fingerprint density at radius 1 is 1.14 bits per heavy atom. The van der Waals surface area contributed by atoms with E-state index in [-0.39, 0.29) is 17.8 Å². The maximum absolute atomic E-state index is 13.0. The van der Waals surface area contributed by atoms with Crippen molar-refractivity contribution in [2.45, 2.75) is 57.1 Å². The Bertz CT molecular complexity index is 846. The molecule has 6 heteroatoms. The van der Waals surface area contributed by atoms with E-state index in [1.54, 1.807) is 24.1 Å². The van der Waals surface area contributed by atoms with Gasteiger partial charge in [0, 0.05) is 24.0 Å². The first kappa shape index (κ1) is 21.7. The van der Waals surface area contributed by atoms with Crippen LogP contribution in [0.3, 0.4) is 0 Å². The van der Waals surface area contributed by atoms with Crippen molar-refractivity contribution in [3.05, 3.63) is 59.4 Å². The summed E-state index contributed by atoms with van der Waals surface area (Å²) < 4.78 is 21.4. The highest BCUT2D eigenvalue weighted by Gasteiger charge is 2.33. The zero-order valence-electron chi connectivity index (χ0n) is 17.5. The number of nitrogens with one attached hydrogen (secondary N) is 1. The number of hydrogen-bond acceptors (Lipinski definition) is 4. The smallest absolute Gasteiger partial charge is 0.263 e. The molecule has 1 fully saturated rings. The average Bonchev–Trinajstić information content (AvgIpc) is 2.68. The Morgan fingerprint density at radius 2 is 1.79 bits per heavy atom. The van der Waals surface area contributed by atoms with Crippen molar-refractivity contribution < 1.29 is 13.9 Å². The summed E-state index contributed by atoms with van der Waals surface area (Å²) in [5.74, 6) is 0.431. The maximum Gasteiger partial charge on any atom is 0.263 e. The molecule has 1 aliphatic heterocycles. The minimum Gasteiger partial charge on any atom is -0.478 e. The summed E-state index contributed by atoms with van der Waals surface area (Å²) in [6.45, 7) is 9.35. The molecule has 0 aliphatic carbocycles. The second-order valence-electron chi connectivity index (χ2n) is 8.10. The molecule has 2 aromatic rings. The summed E-state index contributed by atoms with van der Waals surface area (Å²) in [6.07, 6.45) is 1.75. The van der Waals surface area contributed by atoms with E-state index in [1.165, 1.54) is 12.1 Å². The fourth-order valence-corrected chi connectivity index (χ4v) is 4.18. The summed E-state index contributed by atoms with van der Waals surface area (Å²) in [5.41, 5.74) is 1.17. The quantitative estimate of drug-likeness (QED) is 0.681. The van der Waals surface area contributed by atoms with Crippen LogP contribution in [0.15, 0.2) is 47.4 Å². The highest BCUT2D eigenvalue weighted by molar-refractivity contribution is 7.97. The normalized spacial score (nSPS) is 15.9. The zero-order valence-corrected chi connectivity index (χ0v) is 18.3. The predicted octanol–water partition coefficient (Wildman–Crippen LogP) is 4.89. The van der Waals surface area contributed by atoms with Crippen LogP contribution in [-0.2, 0) is 4.79 Å². The van der Waals surface area contributed by atoms with Gasteiger partial charge in [0.25, 0.3) is 5.91 Å². The summed E-state index contributed by atoms with van der Waals surface area (Å²) in [4.78, 5) is 13.9. The molecule has 29 heavy (non-hydrogen) atoms. The van der Waals surface area contributed by atoms with Gasteiger partial charge in [0.1, 0.15) is 11.6 Å². The van der Waals surface area contributed by atoms with Gasteiger partial charge in [0.2, 0.25) is 0 Å². The van der Waals surface area contributed by atoms with Gasteiger partial charge in [0.15, 0.2) is 5.60 Å². The Hall–Kier alpha value is -2.05. The van der Waals surface area contributed by atoms with E-state index in [0.29, 0.717) is 0 Å². The lowest BCUT2D eigenvalue weighted by atomic mass is 10.0. The van der Waals surface area contributed by atoms with Gasteiger partial charge in [-0.25, -0.2) is 8.70 Å². The minimum atomic E-state index is -0.946. The number of hydrogen-bond donors (Lipinski definition) is 1. The Morgan fingerprint density at radius 3 is 2.45 bits per heavy atom. The standard InChI is InChI=1S/C23H29FN2O2S/c1-16-5-6-17(2)21(15-16)28-23(3,4)22(27)25-19-11-13-26(14-12-19)29-20-9-7-18(24)8-10-20/h5-10,15,19H,11-14H2,1-4H3,(H,25,27). The van der Waals surface area contributed by atoms with Crippen LogP contribution in [0.2, 0.25) is 0 Å². The fourth-order valence-electron chi connectivity index (χ4n) is 3.23. The summed E-state index contributed by atoms with van der Waals surface area (Å²) >= 11 is 1.63. The van der Waals surface area contributed by atoms with Gasteiger partial charge in [-0.2, -0.15) is 0 Å². The molecule has 0 saturated carbocycles. The summed E-state index contributed by atoms with van der Waals surface area (Å²) in [7, 11) is 0. The molecule has 1 aliphatic rings. The Balaban J connectivity index is 1.50. The second kappa shape index (κ2) is 9.18. The summed E-state index contributed by atoms with van der Waals surface area (Å²) in [6, 6.07) is 12.7. The zero-order chi connectivity index (χ0) is 21.0. The molecule has 1 saturated heterocycles. The summed E-state index contributed by atoms with van der Waals surface area (Å²) in [5, 5.41) is 3.16. The Kier molecular flexibility index (Phi) is 6.85. The van der Waals surface area contributed by atoms with Gasteiger partial charge in [0.05, 0.1) is 0 Å². The average molecular weight is 417 g/mol. The van der Waals surface area contributed by atoms with Gasteiger partial charge in [-0.15, -0.1) is 0 Å². The number of nitrogens with zero attached hydrogens (tertiary/aromatic N) is 1. The van der Waals surface area contributed by atoms with Gasteiger partial charge in [-0.05, 0) is 93.9 Å². The van der Waals surface area contributed by atoms with Gasteiger partial charge < -0.3 is 10.1 Å². The number of ether oxygens (including phenoxy) is 1. The number of halogens is 1. The van der Waals surface area contributed by atoms with E-state index in [1.807, 2.05) is 45.9 Å². The van der Waals surface area contributed by atoms with E-state index in [0.717, 1.165) is 47.7 Å². The number of aryl methyl sites for hydroxylation is 2. The van der Waals surface area contributed by atoms with Crippen LogP contribution in [0.4, 0.5) is 4.39 Å². The lowest BCUT2D eigenvalue weighted by Crippen LogP contribution is -2.52. The molecular formula is C23H29FN2O2S. The molecule has 0 spiro atoms. The fraction of sp³-hybridized carbons (Fsp3) is 0.435. The first-order chi connectivity index (χ1) is 13.7. The van der Waals surface area contributed by atoms with E-state index in [9.17, 15) is 9.18 Å². The number of carbonyl (C=O) groups excluding carboxylic acids is 1. The van der Waals surface area contributed by atoms with Crippen LogP contribution in [0.25, 0.3) is 0 Å². The highest BCUT2D eigenvalue weighted by atomic mass is 32.2. The van der Waals surface area contributed by atoms with Crippen molar-refractivity contribution in [3.63, 3.8) is 0 Å². The largest absolute Gasteiger partial charge is 0.478 e. The lowest BCUT2D eigenvalue weighted by Gasteiger charge is -2.34. The molecular weight excluding hydrogens is 387 g/mol. The molecule has 1 amide bonds. The molecule has 0 aromatic heterocycles. The first-order valence-electron chi connectivity index (χ1n) is 9.99. The Labute approximate surface area is 177 Å². The minimum absolute atomic E-state index is 0.0944. The van der Waals surface area contributed by atoms with E-state index in [4.69, 9.17) is 4.74 Å². The highest BCUT2D eigenvalue weighted by Crippen LogP contribution is 2.27. The third kappa shape index (κ3) is 5.97. The molecule has 2 aromatic carbocycles. The predicted molar refractivity (Wildman–Crippen MR) is 116 cm³/mol. The van der Waals surface area contributed by atoms with Crippen LogP contribution in [0.5, 0.6) is 5.75 Å². The topological polar surface area (TPSA) is 41.6 Å². The number of rotatable bonds is 6. The van der Waals surface area contributed by atoms with Crippen molar-refractivity contribution in [2.24, 2.45) is 0 Å². The molecule has 0 unspecified atom stereocenters. The van der Waals surface area contributed by atoms with Gasteiger partial charge in [-0.1, -0.05) is 12.1 Å². The first-order valence-corrected chi connectivity index (χ1v) is 10.8. The second-order valence-corrected chi connectivity index (χ2v) is 9.27. The van der Waals surface area contributed by atoms with E-state index < -0.39 is 5.60 Å². The molecule has 3 rings (SSSR count). The molecule has 0 atom stereocenters. The van der Waals surface area contributed by atoms with Crippen LogP contribution in [-0.4, -0.2) is 34.9 Å². The van der Waals surface area contributed by atoms with Crippen molar-refractivity contribution in [1.29, 1.82) is 0 Å². The van der Waals surface area contributed by atoms with Crippen molar-refractivity contribution in [1.82, 2.24) is 9.62 Å². The molecule has 0 radical (unpaired) electrons. The van der Waals surface area contributed by atoms with Crippen LogP contribution in [0.1, 0.15) is 37.8 Å². The molecule has 1 N–H and O–H groups in total. The van der Waals surface area contributed by atoms with E-state index >= 15 is 0 Å². The van der Waals surface area contributed by atoms with Crippen LogP contribution in [0, 0.1) is 19.7 Å². The molecule has 156 valence electrons. The maximum atomic E-state index is 13.0. The number of carbonyl (C=O) groups is 1. The molecule has 0 bridgehead atoms. The molecule has 1 heterocycles. The van der Waals surface area contributed by atoms with Gasteiger partial charge in [-0.3, -0.25) is 4.79 Å². The van der Waals surface area contributed by atoms with Gasteiger partial charge >= 0.3 is 0 Å². The number of piperidine rings is 1. The lowest BCUT2D eigenvalue weighted by molar-refractivity contribution is -0.135. The monoisotopic (exact) mass is 416 g/mol.